The van der Waals surface area contributed by atoms with E-state index in [0.29, 0.717) is 0 Å². The van der Waals surface area contributed by atoms with E-state index >= 15 is 0 Å². The highest BCUT2D eigenvalue weighted by Crippen LogP contribution is 2.36. The van der Waals surface area contributed by atoms with E-state index < -0.39 is 0 Å². The van der Waals surface area contributed by atoms with E-state index in [1.807, 2.05) is 0 Å². The van der Waals surface area contributed by atoms with Crippen LogP contribution >= 0.6 is 0 Å². The fourth-order valence-electron chi connectivity index (χ4n) is 4.73. The molecule has 6 aromatic carbocycles. The molecule has 0 aliphatic heterocycles. The molecule has 0 atom stereocenters. The molecule has 35 heavy (non-hydrogen) atoms. The maximum atomic E-state index is 3.75. The topological polar surface area (TPSA) is 12.0 Å². The van der Waals surface area contributed by atoms with E-state index in [0.717, 1.165) is 11.4 Å². The van der Waals surface area contributed by atoms with Gasteiger partial charge in [-0.05, 0) is 63.0 Å². The number of anilines is 2. The molecular formula is C34H25N. The minimum absolute atomic E-state index is 1.07. The first-order valence-electron chi connectivity index (χ1n) is 12.0. The largest absolute Gasteiger partial charge is 0.355 e. The minimum Gasteiger partial charge on any atom is -0.355 e. The van der Waals surface area contributed by atoms with Gasteiger partial charge < -0.3 is 5.32 Å². The minimum atomic E-state index is 1.07. The van der Waals surface area contributed by atoms with Crippen LogP contribution < -0.4 is 5.32 Å². The molecule has 1 heteroatoms. The maximum absolute atomic E-state index is 3.75. The number of fused-ring (bicyclic) bond motifs is 1. The van der Waals surface area contributed by atoms with E-state index in [2.05, 4.69) is 151 Å². The highest BCUT2D eigenvalue weighted by molar-refractivity contribution is 6.04. The second kappa shape index (κ2) is 9.32. The third-order valence-corrected chi connectivity index (χ3v) is 6.44. The van der Waals surface area contributed by atoms with Crippen molar-refractivity contribution in [3.63, 3.8) is 0 Å². The van der Waals surface area contributed by atoms with Gasteiger partial charge in [0.1, 0.15) is 0 Å². The molecule has 166 valence electrons. The van der Waals surface area contributed by atoms with Gasteiger partial charge >= 0.3 is 0 Å². The Morgan fingerprint density at radius 2 is 0.829 bits per heavy atom. The van der Waals surface area contributed by atoms with Crippen LogP contribution in [0.2, 0.25) is 0 Å². The molecule has 0 aliphatic carbocycles. The van der Waals surface area contributed by atoms with E-state index in [-0.39, 0.29) is 0 Å². The predicted octanol–water partition coefficient (Wildman–Crippen LogP) is 9.58. The summed E-state index contributed by atoms with van der Waals surface area (Å²) < 4.78 is 0. The Kier molecular flexibility index (Phi) is 5.58. The molecule has 1 N–H and O–H groups in total. The molecule has 0 radical (unpaired) electrons. The Morgan fingerprint density at radius 1 is 0.343 bits per heavy atom. The van der Waals surface area contributed by atoms with Gasteiger partial charge in [0.05, 0.1) is 0 Å². The number of benzene rings is 6. The van der Waals surface area contributed by atoms with Crippen LogP contribution in [0.15, 0.2) is 146 Å². The Hall–Kier alpha value is -4.62. The van der Waals surface area contributed by atoms with Gasteiger partial charge in [-0.15, -0.1) is 0 Å². The third kappa shape index (κ3) is 4.32. The zero-order valence-electron chi connectivity index (χ0n) is 19.4. The highest BCUT2D eigenvalue weighted by Gasteiger charge is 2.10. The summed E-state index contributed by atoms with van der Waals surface area (Å²) in [5.74, 6) is 0. The van der Waals surface area contributed by atoms with Crippen molar-refractivity contribution in [3.05, 3.63) is 146 Å². The summed E-state index contributed by atoms with van der Waals surface area (Å²) in [5, 5.41) is 6.20. The molecule has 6 aromatic rings. The second-order valence-corrected chi connectivity index (χ2v) is 8.73. The SMILES string of the molecule is c1ccc(-c2cc(Nc3ccc(-c4ccccc4)c4ccccc34)cc(-c3ccccc3)c2)cc1. The average Bonchev–Trinajstić information content (AvgIpc) is 2.94. The Morgan fingerprint density at radius 3 is 1.40 bits per heavy atom. The zero-order valence-corrected chi connectivity index (χ0v) is 19.4. The molecule has 0 heterocycles. The zero-order chi connectivity index (χ0) is 23.5. The first-order chi connectivity index (χ1) is 17.3. The van der Waals surface area contributed by atoms with Crippen molar-refractivity contribution in [3.8, 4) is 33.4 Å². The molecule has 0 aromatic heterocycles. The molecule has 0 amide bonds. The van der Waals surface area contributed by atoms with Crippen LogP contribution in [0.1, 0.15) is 0 Å². The van der Waals surface area contributed by atoms with Crippen LogP contribution in [-0.2, 0) is 0 Å². The van der Waals surface area contributed by atoms with Gasteiger partial charge in [-0.25, -0.2) is 0 Å². The first-order valence-corrected chi connectivity index (χ1v) is 12.0. The van der Waals surface area contributed by atoms with Crippen molar-refractivity contribution in [1.29, 1.82) is 0 Å². The smallest absolute Gasteiger partial charge is 0.0464 e. The number of nitrogens with one attached hydrogen (secondary N) is 1. The number of rotatable bonds is 5. The Balaban J connectivity index is 1.47. The number of hydrogen-bond acceptors (Lipinski definition) is 1. The summed E-state index contributed by atoms with van der Waals surface area (Å²) >= 11 is 0. The highest BCUT2D eigenvalue weighted by atomic mass is 14.9. The molecule has 0 spiro atoms. The molecule has 0 fully saturated rings. The summed E-state index contributed by atoms with van der Waals surface area (Å²) in [4.78, 5) is 0. The van der Waals surface area contributed by atoms with Crippen molar-refractivity contribution < 1.29 is 0 Å². The van der Waals surface area contributed by atoms with Gasteiger partial charge in [0, 0.05) is 16.8 Å². The van der Waals surface area contributed by atoms with E-state index in [4.69, 9.17) is 0 Å². The molecule has 0 bridgehead atoms. The van der Waals surface area contributed by atoms with Crippen molar-refractivity contribution >= 4 is 22.1 Å². The second-order valence-electron chi connectivity index (χ2n) is 8.73. The van der Waals surface area contributed by atoms with E-state index in [1.165, 1.54) is 44.2 Å². The van der Waals surface area contributed by atoms with Crippen LogP contribution in [0.25, 0.3) is 44.2 Å². The molecule has 0 aliphatic rings. The van der Waals surface area contributed by atoms with Crippen LogP contribution in [0.5, 0.6) is 0 Å². The Bertz CT molecular complexity index is 1530. The predicted molar refractivity (Wildman–Crippen MR) is 150 cm³/mol. The summed E-state index contributed by atoms with van der Waals surface area (Å²) in [5.41, 5.74) is 9.45. The standard InChI is InChI=1S/C34H25N/c1-4-12-25(13-5-1)28-22-29(26-14-6-2-7-15-26)24-30(23-28)35-34-21-20-31(27-16-8-3-9-17-27)32-18-10-11-19-33(32)34/h1-24,35H. The van der Waals surface area contributed by atoms with Gasteiger partial charge in [-0.1, -0.05) is 121 Å². The number of hydrogen-bond donors (Lipinski definition) is 1. The van der Waals surface area contributed by atoms with Gasteiger partial charge in [-0.2, -0.15) is 0 Å². The van der Waals surface area contributed by atoms with E-state index in [9.17, 15) is 0 Å². The van der Waals surface area contributed by atoms with Crippen molar-refractivity contribution in [2.24, 2.45) is 0 Å². The summed E-state index contributed by atoms with van der Waals surface area (Å²) in [6.07, 6.45) is 0. The lowest BCUT2D eigenvalue weighted by molar-refractivity contribution is 1.54. The lowest BCUT2D eigenvalue weighted by Gasteiger charge is -2.16. The molecule has 6 rings (SSSR count). The van der Waals surface area contributed by atoms with E-state index in [1.54, 1.807) is 0 Å². The maximum Gasteiger partial charge on any atom is 0.0464 e. The molecule has 1 nitrogen and oxygen atoms in total. The summed E-state index contributed by atoms with van der Waals surface area (Å²) in [6.45, 7) is 0. The van der Waals surface area contributed by atoms with Gasteiger partial charge in [0.25, 0.3) is 0 Å². The fraction of sp³-hybridized carbons (Fsp3) is 0. The fourth-order valence-corrected chi connectivity index (χ4v) is 4.73. The lowest BCUT2D eigenvalue weighted by atomic mass is 9.96. The molecule has 0 saturated heterocycles. The van der Waals surface area contributed by atoms with Crippen molar-refractivity contribution in [1.82, 2.24) is 0 Å². The average molecular weight is 448 g/mol. The Labute approximate surface area is 206 Å². The molecule has 0 unspecified atom stereocenters. The van der Waals surface area contributed by atoms with Gasteiger partial charge in [0.15, 0.2) is 0 Å². The van der Waals surface area contributed by atoms with Crippen LogP contribution in [0, 0.1) is 0 Å². The molecular weight excluding hydrogens is 422 g/mol. The summed E-state index contributed by atoms with van der Waals surface area (Å²) in [6, 6.07) is 51.5. The molecule has 0 saturated carbocycles. The lowest BCUT2D eigenvalue weighted by Crippen LogP contribution is -1.94. The van der Waals surface area contributed by atoms with Crippen LogP contribution in [-0.4, -0.2) is 0 Å². The quantitative estimate of drug-likeness (QED) is 0.277. The monoisotopic (exact) mass is 447 g/mol. The van der Waals surface area contributed by atoms with Crippen LogP contribution in [0.3, 0.4) is 0 Å². The van der Waals surface area contributed by atoms with Crippen molar-refractivity contribution in [2.75, 3.05) is 5.32 Å². The van der Waals surface area contributed by atoms with Crippen LogP contribution in [0.4, 0.5) is 11.4 Å². The third-order valence-electron chi connectivity index (χ3n) is 6.44. The van der Waals surface area contributed by atoms with Crippen molar-refractivity contribution in [2.45, 2.75) is 0 Å². The van der Waals surface area contributed by atoms with Gasteiger partial charge in [0.2, 0.25) is 0 Å². The van der Waals surface area contributed by atoms with Gasteiger partial charge in [-0.3, -0.25) is 0 Å². The first kappa shape index (κ1) is 20.9. The summed E-state index contributed by atoms with van der Waals surface area (Å²) in [7, 11) is 0. The normalized spacial score (nSPS) is 10.9.